The van der Waals surface area contributed by atoms with Gasteiger partial charge in [0.2, 0.25) is 0 Å². The number of aryl methyl sites for hydroxylation is 1. The summed E-state index contributed by atoms with van der Waals surface area (Å²) in [5, 5.41) is 5.61. The van der Waals surface area contributed by atoms with Gasteiger partial charge in [-0.15, -0.1) is 0 Å². The maximum absolute atomic E-state index is 12.0. The standard InChI is InChI=1S/C20H26N4O3/c1-16-4-2-5-18(14-16)27-11-3-8-21-20(25)23-17-6-7-19(22-15-17)24-9-12-26-13-10-24/h2,4-7,14-15H,3,8-13H2,1H3,(H2,21,23,25). The summed E-state index contributed by atoms with van der Waals surface area (Å²) in [7, 11) is 0. The molecule has 2 heterocycles. The predicted octanol–water partition coefficient (Wildman–Crippen LogP) is 2.82. The fraction of sp³-hybridized carbons (Fsp3) is 0.400. The monoisotopic (exact) mass is 370 g/mol. The maximum atomic E-state index is 12.0. The number of ether oxygens (including phenoxy) is 2. The third kappa shape index (κ3) is 6.14. The first-order valence-corrected chi connectivity index (χ1v) is 9.24. The molecule has 2 N–H and O–H groups in total. The van der Waals surface area contributed by atoms with Gasteiger partial charge in [0.15, 0.2) is 0 Å². The zero-order valence-corrected chi connectivity index (χ0v) is 15.6. The maximum Gasteiger partial charge on any atom is 0.319 e. The molecule has 2 amide bonds. The highest BCUT2D eigenvalue weighted by molar-refractivity contribution is 5.89. The van der Waals surface area contributed by atoms with Gasteiger partial charge in [0.1, 0.15) is 11.6 Å². The molecular formula is C20H26N4O3. The highest BCUT2D eigenvalue weighted by Gasteiger charge is 2.12. The number of carbonyl (C=O) groups is 1. The van der Waals surface area contributed by atoms with E-state index < -0.39 is 0 Å². The van der Waals surface area contributed by atoms with Crippen LogP contribution in [0.5, 0.6) is 5.75 Å². The van der Waals surface area contributed by atoms with Crippen LogP contribution in [0.3, 0.4) is 0 Å². The molecule has 1 saturated heterocycles. The summed E-state index contributed by atoms with van der Waals surface area (Å²) < 4.78 is 11.0. The van der Waals surface area contributed by atoms with Crippen molar-refractivity contribution in [2.45, 2.75) is 13.3 Å². The number of benzene rings is 1. The van der Waals surface area contributed by atoms with Crippen molar-refractivity contribution in [1.29, 1.82) is 0 Å². The molecule has 1 aromatic carbocycles. The lowest BCUT2D eigenvalue weighted by Gasteiger charge is -2.27. The second-order valence-corrected chi connectivity index (χ2v) is 6.40. The van der Waals surface area contributed by atoms with E-state index in [-0.39, 0.29) is 6.03 Å². The van der Waals surface area contributed by atoms with Crippen molar-refractivity contribution in [3.05, 3.63) is 48.2 Å². The van der Waals surface area contributed by atoms with Crippen LogP contribution in [0, 0.1) is 6.92 Å². The number of nitrogens with zero attached hydrogens (tertiary/aromatic N) is 2. The van der Waals surface area contributed by atoms with Crippen LogP contribution in [-0.4, -0.2) is 50.5 Å². The summed E-state index contributed by atoms with van der Waals surface area (Å²) >= 11 is 0. The summed E-state index contributed by atoms with van der Waals surface area (Å²) in [6, 6.07) is 11.4. The SMILES string of the molecule is Cc1cccc(OCCCNC(=O)Nc2ccc(N3CCOCC3)nc2)c1. The van der Waals surface area contributed by atoms with Crippen molar-refractivity contribution in [2.24, 2.45) is 0 Å². The number of amides is 2. The number of carbonyl (C=O) groups excluding carboxylic acids is 1. The highest BCUT2D eigenvalue weighted by atomic mass is 16.5. The van der Waals surface area contributed by atoms with Crippen LogP contribution in [0.4, 0.5) is 16.3 Å². The Kier molecular flexibility index (Phi) is 6.87. The van der Waals surface area contributed by atoms with E-state index in [9.17, 15) is 4.79 Å². The quantitative estimate of drug-likeness (QED) is 0.733. The van der Waals surface area contributed by atoms with Crippen molar-refractivity contribution >= 4 is 17.5 Å². The topological polar surface area (TPSA) is 75.7 Å². The first-order valence-electron chi connectivity index (χ1n) is 9.24. The second kappa shape index (κ2) is 9.78. The van der Waals surface area contributed by atoms with E-state index in [0.29, 0.717) is 18.8 Å². The Morgan fingerprint density at radius 2 is 2.11 bits per heavy atom. The van der Waals surface area contributed by atoms with Crippen LogP contribution in [0.2, 0.25) is 0 Å². The Morgan fingerprint density at radius 3 is 2.85 bits per heavy atom. The summed E-state index contributed by atoms with van der Waals surface area (Å²) in [5.41, 5.74) is 1.83. The van der Waals surface area contributed by atoms with E-state index in [2.05, 4.69) is 20.5 Å². The zero-order chi connectivity index (χ0) is 18.9. The number of anilines is 2. The lowest BCUT2D eigenvalue weighted by Crippen LogP contribution is -2.36. The van der Waals surface area contributed by atoms with Crippen molar-refractivity contribution < 1.29 is 14.3 Å². The van der Waals surface area contributed by atoms with E-state index in [1.165, 1.54) is 5.56 Å². The predicted molar refractivity (Wildman–Crippen MR) is 106 cm³/mol. The summed E-state index contributed by atoms with van der Waals surface area (Å²) in [4.78, 5) is 18.5. The molecule has 0 bridgehead atoms. The minimum atomic E-state index is -0.244. The number of pyridine rings is 1. The Morgan fingerprint density at radius 1 is 1.26 bits per heavy atom. The van der Waals surface area contributed by atoms with Gasteiger partial charge in [0.05, 0.1) is 31.7 Å². The average molecular weight is 370 g/mol. The summed E-state index contributed by atoms with van der Waals surface area (Å²) in [6.07, 6.45) is 2.40. The molecule has 7 nitrogen and oxygen atoms in total. The van der Waals surface area contributed by atoms with Crippen LogP contribution in [-0.2, 0) is 4.74 Å². The number of hydrogen-bond donors (Lipinski definition) is 2. The molecule has 0 spiro atoms. The van der Waals surface area contributed by atoms with Crippen LogP contribution in [0.15, 0.2) is 42.6 Å². The lowest BCUT2D eigenvalue weighted by molar-refractivity contribution is 0.122. The van der Waals surface area contributed by atoms with Crippen LogP contribution in [0.25, 0.3) is 0 Å². The van der Waals surface area contributed by atoms with Gasteiger partial charge < -0.3 is 25.0 Å². The van der Waals surface area contributed by atoms with E-state index in [0.717, 1.165) is 44.3 Å². The molecule has 0 unspecified atom stereocenters. The number of nitrogens with one attached hydrogen (secondary N) is 2. The zero-order valence-electron chi connectivity index (χ0n) is 15.6. The smallest absolute Gasteiger partial charge is 0.319 e. The van der Waals surface area contributed by atoms with E-state index in [4.69, 9.17) is 9.47 Å². The van der Waals surface area contributed by atoms with Crippen LogP contribution < -0.4 is 20.3 Å². The Bertz CT molecular complexity index is 730. The fourth-order valence-electron chi connectivity index (χ4n) is 2.78. The molecule has 1 aromatic heterocycles. The van der Waals surface area contributed by atoms with Crippen molar-refractivity contribution in [1.82, 2.24) is 10.3 Å². The van der Waals surface area contributed by atoms with E-state index in [1.807, 2.05) is 43.3 Å². The molecule has 1 fully saturated rings. The molecule has 0 atom stereocenters. The molecule has 1 aliphatic rings. The number of morpholine rings is 1. The Hall–Kier alpha value is -2.80. The van der Waals surface area contributed by atoms with E-state index >= 15 is 0 Å². The van der Waals surface area contributed by atoms with Gasteiger partial charge in [-0.1, -0.05) is 12.1 Å². The largest absolute Gasteiger partial charge is 0.494 e. The van der Waals surface area contributed by atoms with Gasteiger partial charge >= 0.3 is 6.03 Å². The first-order chi connectivity index (χ1) is 13.2. The molecule has 0 radical (unpaired) electrons. The minimum absolute atomic E-state index is 0.244. The first kappa shape index (κ1) is 19.0. The number of urea groups is 1. The normalized spacial score (nSPS) is 13.9. The average Bonchev–Trinajstić information content (AvgIpc) is 2.69. The Labute approximate surface area is 159 Å². The van der Waals surface area contributed by atoms with Crippen LogP contribution in [0.1, 0.15) is 12.0 Å². The van der Waals surface area contributed by atoms with Gasteiger partial charge in [-0.05, 0) is 43.2 Å². The lowest BCUT2D eigenvalue weighted by atomic mass is 10.2. The molecule has 1 aliphatic heterocycles. The number of hydrogen-bond acceptors (Lipinski definition) is 5. The highest BCUT2D eigenvalue weighted by Crippen LogP contribution is 2.15. The minimum Gasteiger partial charge on any atom is -0.494 e. The molecular weight excluding hydrogens is 344 g/mol. The molecule has 27 heavy (non-hydrogen) atoms. The van der Waals surface area contributed by atoms with E-state index in [1.54, 1.807) is 6.20 Å². The molecule has 0 saturated carbocycles. The van der Waals surface area contributed by atoms with Gasteiger partial charge in [0, 0.05) is 19.6 Å². The van der Waals surface area contributed by atoms with Crippen molar-refractivity contribution in [2.75, 3.05) is 49.7 Å². The summed E-state index contributed by atoms with van der Waals surface area (Å²) in [5.74, 6) is 1.75. The number of rotatable bonds is 7. The number of aromatic nitrogens is 1. The second-order valence-electron chi connectivity index (χ2n) is 6.40. The molecule has 7 heteroatoms. The molecule has 3 rings (SSSR count). The van der Waals surface area contributed by atoms with Gasteiger partial charge in [-0.2, -0.15) is 0 Å². The third-order valence-electron chi connectivity index (χ3n) is 4.21. The van der Waals surface area contributed by atoms with Gasteiger partial charge in [-0.3, -0.25) is 0 Å². The van der Waals surface area contributed by atoms with Gasteiger partial charge in [-0.25, -0.2) is 9.78 Å². The molecule has 144 valence electrons. The third-order valence-corrected chi connectivity index (χ3v) is 4.21. The fourth-order valence-corrected chi connectivity index (χ4v) is 2.78. The van der Waals surface area contributed by atoms with Crippen molar-refractivity contribution in [3.8, 4) is 5.75 Å². The molecule has 0 aliphatic carbocycles. The Balaban J connectivity index is 1.34. The van der Waals surface area contributed by atoms with Crippen molar-refractivity contribution in [3.63, 3.8) is 0 Å². The molecule has 2 aromatic rings. The summed E-state index contributed by atoms with van der Waals surface area (Å²) in [6.45, 7) is 6.24. The van der Waals surface area contributed by atoms with Gasteiger partial charge in [0.25, 0.3) is 0 Å². The van der Waals surface area contributed by atoms with Crippen LogP contribution >= 0.6 is 0 Å².